The van der Waals surface area contributed by atoms with Gasteiger partial charge < -0.3 is 9.26 Å². The standard InChI is InChI=1S/C18H21BO4P2/c19-24-25-23-17-11-16-15(10-18(21)22-16)14(17)9-8-13(20)7-6-12-4-2-1-3-5-12/h1-5,8-9,14-17,24-25H,6-7,10-11H2/b9-8+/t14-,15-,16?,17-/m1/s1. The van der Waals surface area contributed by atoms with Crippen LogP contribution < -0.4 is 0 Å². The zero-order valence-corrected chi connectivity index (χ0v) is 15.9. The Morgan fingerprint density at radius 1 is 1.36 bits per heavy atom. The van der Waals surface area contributed by atoms with Crippen LogP contribution in [0.25, 0.3) is 0 Å². The Morgan fingerprint density at radius 2 is 2.16 bits per heavy atom. The highest BCUT2D eigenvalue weighted by Crippen LogP contribution is 2.47. The van der Waals surface area contributed by atoms with Gasteiger partial charge in [0, 0.05) is 33.2 Å². The molecule has 1 saturated heterocycles. The summed E-state index contributed by atoms with van der Waals surface area (Å²) in [6, 6.07) is 9.98. The van der Waals surface area contributed by atoms with E-state index in [0.717, 1.165) is 12.0 Å². The molecule has 7 heteroatoms. The van der Waals surface area contributed by atoms with Crippen molar-refractivity contribution >= 4 is 36.0 Å². The number of aryl methyl sites for hydroxylation is 1. The van der Waals surface area contributed by atoms with Crippen LogP contribution in [0.3, 0.4) is 0 Å². The number of ketones is 1. The Balaban J connectivity index is 1.58. The van der Waals surface area contributed by atoms with Gasteiger partial charge in [0.15, 0.2) is 5.78 Å². The largest absolute Gasteiger partial charge is 0.462 e. The summed E-state index contributed by atoms with van der Waals surface area (Å²) in [5, 5.41) is 0. The van der Waals surface area contributed by atoms with E-state index in [1.807, 2.05) is 36.4 Å². The van der Waals surface area contributed by atoms with Gasteiger partial charge in [-0.05, 0) is 18.1 Å². The highest BCUT2D eigenvalue weighted by molar-refractivity contribution is 8.21. The van der Waals surface area contributed by atoms with Gasteiger partial charge in [-0.3, -0.25) is 9.59 Å². The molecule has 1 aromatic carbocycles. The summed E-state index contributed by atoms with van der Waals surface area (Å²) >= 11 is 0. The van der Waals surface area contributed by atoms with Gasteiger partial charge in [0.25, 0.3) is 0 Å². The fourth-order valence-corrected chi connectivity index (χ4v) is 4.74. The number of esters is 1. The summed E-state index contributed by atoms with van der Waals surface area (Å²) in [7, 11) is 6.09. The van der Waals surface area contributed by atoms with Gasteiger partial charge in [0.05, 0.1) is 12.5 Å². The van der Waals surface area contributed by atoms with E-state index in [0.29, 0.717) is 19.3 Å². The molecule has 130 valence electrons. The van der Waals surface area contributed by atoms with Crippen LogP contribution in [-0.4, -0.2) is 31.5 Å². The molecular weight excluding hydrogens is 353 g/mol. The maximum absolute atomic E-state index is 12.2. The Morgan fingerprint density at radius 3 is 2.92 bits per heavy atom. The molecule has 3 unspecified atom stereocenters. The lowest BCUT2D eigenvalue weighted by Gasteiger charge is -2.19. The predicted molar refractivity (Wildman–Crippen MR) is 102 cm³/mol. The first-order valence-electron chi connectivity index (χ1n) is 8.48. The van der Waals surface area contributed by atoms with Crippen molar-refractivity contribution in [2.24, 2.45) is 11.8 Å². The zero-order valence-electron chi connectivity index (χ0n) is 13.9. The third-order valence-electron chi connectivity index (χ3n) is 4.83. The van der Waals surface area contributed by atoms with Gasteiger partial charge in [0.2, 0.25) is 0 Å². The van der Waals surface area contributed by atoms with Crippen molar-refractivity contribution in [2.45, 2.75) is 37.9 Å². The maximum atomic E-state index is 12.2. The van der Waals surface area contributed by atoms with E-state index >= 15 is 0 Å². The smallest absolute Gasteiger partial charge is 0.306 e. The molecule has 2 radical (unpaired) electrons. The fourth-order valence-electron chi connectivity index (χ4n) is 3.61. The lowest BCUT2D eigenvalue weighted by atomic mass is 9.91. The van der Waals surface area contributed by atoms with E-state index in [1.54, 1.807) is 6.08 Å². The molecule has 0 N–H and O–H groups in total. The van der Waals surface area contributed by atoms with Crippen LogP contribution in [0, 0.1) is 11.8 Å². The van der Waals surface area contributed by atoms with Crippen molar-refractivity contribution < 1.29 is 18.8 Å². The van der Waals surface area contributed by atoms with Crippen LogP contribution in [0.4, 0.5) is 0 Å². The highest BCUT2D eigenvalue weighted by Gasteiger charge is 2.49. The van der Waals surface area contributed by atoms with E-state index in [2.05, 4.69) is 0 Å². The van der Waals surface area contributed by atoms with E-state index in [9.17, 15) is 9.59 Å². The number of ether oxygens (including phenoxy) is 1. The molecule has 25 heavy (non-hydrogen) atoms. The first-order valence-corrected chi connectivity index (χ1v) is 11.5. The summed E-state index contributed by atoms with van der Waals surface area (Å²) < 4.78 is 11.2. The highest BCUT2D eigenvalue weighted by atomic mass is 32.0. The minimum atomic E-state index is -0.148. The maximum Gasteiger partial charge on any atom is 0.306 e. The Kier molecular flexibility index (Phi) is 6.81. The Bertz CT molecular complexity index is 637. The summed E-state index contributed by atoms with van der Waals surface area (Å²) in [5.74, 6) is 0.104. The normalized spacial score (nSPS) is 29.2. The fraction of sp³-hybridized carbons (Fsp3) is 0.444. The van der Waals surface area contributed by atoms with Crippen molar-refractivity contribution in [3.05, 3.63) is 48.0 Å². The summed E-state index contributed by atoms with van der Waals surface area (Å²) in [4.78, 5) is 23.8. The van der Waals surface area contributed by atoms with Gasteiger partial charge in [0.1, 0.15) is 13.7 Å². The van der Waals surface area contributed by atoms with Gasteiger partial charge >= 0.3 is 5.97 Å². The molecule has 1 aromatic rings. The first kappa shape index (κ1) is 18.8. The van der Waals surface area contributed by atoms with Crippen LogP contribution >= 0.6 is 16.6 Å². The van der Waals surface area contributed by atoms with Crippen LogP contribution in [0.1, 0.15) is 24.8 Å². The van der Waals surface area contributed by atoms with Crippen molar-refractivity contribution in [3.8, 4) is 0 Å². The SMILES string of the molecule is [B]PPO[C@@H]1CC2OC(=O)C[C@@H]2[C@H]1/C=C/C(=O)CCc1ccccc1. The van der Waals surface area contributed by atoms with Crippen molar-refractivity contribution in [2.75, 3.05) is 0 Å². The predicted octanol–water partition coefficient (Wildman–Crippen LogP) is 3.35. The molecule has 0 amide bonds. The van der Waals surface area contributed by atoms with Crippen LogP contribution in [0.2, 0.25) is 0 Å². The second-order valence-corrected chi connectivity index (χ2v) is 8.63. The van der Waals surface area contributed by atoms with Gasteiger partial charge in [-0.2, -0.15) is 0 Å². The van der Waals surface area contributed by atoms with E-state index in [-0.39, 0.29) is 52.4 Å². The van der Waals surface area contributed by atoms with Crippen LogP contribution in [0.15, 0.2) is 42.5 Å². The van der Waals surface area contributed by atoms with Crippen molar-refractivity contribution in [1.82, 2.24) is 0 Å². The molecule has 0 aromatic heterocycles. The van der Waals surface area contributed by atoms with Gasteiger partial charge in [-0.25, -0.2) is 0 Å². The third kappa shape index (κ3) is 5.00. The monoisotopic (exact) mass is 374 g/mol. The van der Waals surface area contributed by atoms with Gasteiger partial charge in [-0.15, -0.1) is 8.15 Å². The quantitative estimate of drug-likeness (QED) is 0.303. The molecule has 0 spiro atoms. The second kappa shape index (κ2) is 9.08. The second-order valence-electron chi connectivity index (χ2n) is 6.42. The molecule has 2 fully saturated rings. The summed E-state index contributed by atoms with van der Waals surface area (Å²) in [6.45, 7) is 0. The molecule has 2 aliphatic rings. The molecule has 6 atom stereocenters. The number of carbonyl (C=O) groups is 2. The first-order chi connectivity index (χ1) is 12.2. The number of fused-ring (bicyclic) bond motifs is 1. The third-order valence-corrected chi connectivity index (χ3v) is 6.07. The van der Waals surface area contributed by atoms with Crippen molar-refractivity contribution in [3.63, 3.8) is 0 Å². The number of hydrogen-bond donors (Lipinski definition) is 0. The molecule has 3 rings (SSSR count). The lowest BCUT2D eigenvalue weighted by Crippen LogP contribution is -2.19. The minimum Gasteiger partial charge on any atom is -0.462 e. The van der Waals surface area contributed by atoms with Crippen LogP contribution in [0.5, 0.6) is 0 Å². The van der Waals surface area contributed by atoms with Gasteiger partial charge in [-0.1, -0.05) is 36.4 Å². The Hall–Kier alpha value is -1.02. The number of allylic oxidation sites excluding steroid dienone is 1. The van der Waals surface area contributed by atoms with Crippen molar-refractivity contribution in [1.29, 1.82) is 0 Å². The molecule has 0 bridgehead atoms. The molecule has 4 nitrogen and oxygen atoms in total. The minimum absolute atomic E-state index is 0.0179. The number of hydrogen-bond acceptors (Lipinski definition) is 4. The molecule has 1 saturated carbocycles. The van der Waals surface area contributed by atoms with E-state index in [4.69, 9.17) is 16.8 Å². The lowest BCUT2D eigenvalue weighted by molar-refractivity contribution is -0.141. The average molecular weight is 374 g/mol. The van der Waals surface area contributed by atoms with E-state index < -0.39 is 0 Å². The average Bonchev–Trinajstić information content (AvgIpc) is 3.13. The zero-order chi connectivity index (χ0) is 17.6. The number of carbonyl (C=O) groups excluding carboxylic acids is 2. The van der Waals surface area contributed by atoms with E-state index in [1.165, 1.54) is 0 Å². The number of benzene rings is 1. The molecular formula is C18H21BO4P2. The summed E-state index contributed by atoms with van der Waals surface area (Å²) in [6.07, 6.45) is 5.80. The summed E-state index contributed by atoms with van der Waals surface area (Å²) in [5.41, 5.74) is 1.16. The Labute approximate surface area is 153 Å². The molecule has 1 heterocycles. The molecule has 1 aliphatic heterocycles. The van der Waals surface area contributed by atoms with Crippen LogP contribution in [-0.2, 0) is 25.3 Å². The topological polar surface area (TPSA) is 52.6 Å². The number of rotatable bonds is 8. The molecule has 1 aliphatic carbocycles.